The lowest BCUT2D eigenvalue weighted by Crippen LogP contribution is -2.39. The molecule has 0 bridgehead atoms. The molecule has 0 aliphatic heterocycles. The van der Waals surface area contributed by atoms with Crippen LogP contribution in [0.2, 0.25) is 0 Å². The number of benzene rings is 1. The van der Waals surface area contributed by atoms with Crippen LogP contribution >= 0.6 is 0 Å². The molecule has 0 aliphatic rings. The van der Waals surface area contributed by atoms with Gasteiger partial charge in [0.15, 0.2) is 0 Å². The smallest absolute Gasteiger partial charge is 0.330 e. The highest BCUT2D eigenvalue weighted by Crippen LogP contribution is 2.20. The van der Waals surface area contributed by atoms with E-state index in [1.807, 2.05) is 20.8 Å². The number of carboxylic acids is 1. The zero-order chi connectivity index (χ0) is 19.2. The van der Waals surface area contributed by atoms with Crippen LogP contribution in [0.1, 0.15) is 31.1 Å². The van der Waals surface area contributed by atoms with Gasteiger partial charge in [-0.15, -0.1) is 0 Å². The molecule has 0 radical (unpaired) electrons. The number of allylic oxidation sites excluding steroid dienone is 1. The van der Waals surface area contributed by atoms with Crippen LogP contribution in [0, 0.1) is 5.41 Å². The zero-order valence-electron chi connectivity index (χ0n) is 15.0. The van der Waals surface area contributed by atoms with Gasteiger partial charge in [-0.3, -0.25) is 9.78 Å². The molecule has 1 atom stereocenters. The topological polar surface area (TPSA) is 88.5 Å². The Balaban J connectivity index is 2.04. The summed E-state index contributed by atoms with van der Waals surface area (Å²) in [7, 11) is 0. The van der Waals surface area contributed by atoms with Gasteiger partial charge in [0.05, 0.1) is 6.20 Å². The Bertz CT molecular complexity index is 778. The van der Waals surface area contributed by atoms with Gasteiger partial charge in [-0.1, -0.05) is 32.9 Å². The van der Waals surface area contributed by atoms with Gasteiger partial charge >= 0.3 is 5.97 Å². The molecule has 0 aliphatic carbocycles. The van der Waals surface area contributed by atoms with Gasteiger partial charge in [-0.2, -0.15) is 0 Å². The molecule has 0 spiro atoms. The van der Waals surface area contributed by atoms with Crippen molar-refractivity contribution in [2.45, 2.75) is 26.8 Å². The van der Waals surface area contributed by atoms with Crippen LogP contribution in [0.5, 0.6) is 11.5 Å². The summed E-state index contributed by atoms with van der Waals surface area (Å²) in [6.07, 6.45) is 6.48. The molecule has 1 unspecified atom stereocenters. The fourth-order valence-electron chi connectivity index (χ4n) is 2.02. The Kier molecular flexibility index (Phi) is 6.11. The lowest BCUT2D eigenvalue weighted by atomic mass is 9.95. The summed E-state index contributed by atoms with van der Waals surface area (Å²) in [5.41, 5.74) is 0.169. The van der Waals surface area contributed by atoms with E-state index in [0.29, 0.717) is 17.1 Å². The van der Waals surface area contributed by atoms with Crippen molar-refractivity contribution in [1.29, 1.82) is 0 Å². The third-order valence-corrected chi connectivity index (χ3v) is 3.33. The first-order valence-electron chi connectivity index (χ1n) is 8.15. The van der Waals surface area contributed by atoms with Gasteiger partial charge in [0, 0.05) is 11.8 Å². The first-order chi connectivity index (χ1) is 12.2. The first kappa shape index (κ1) is 19.2. The van der Waals surface area contributed by atoms with Crippen molar-refractivity contribution >= 4 is 11.9 Å². The number of aliphatic carboxylic acids is 1. The summed E-state index contributed by atoms with van der Waals surface area (Å²) < 4.78 is 5.61. The number of nitrogens with one attached hydrogen (secondary N) is 1. The average molecular weight is 354 g/mol. The number of aromatic nitrogens is 1. The van der Waals surface area contributed by atoms with Crippen LogP contribution in [0.3, 0.4) is 0 Å². The third kappa shape index (κ3) is 6.05. The quantitative estimate of drug-likeness (QED) is 0.773. The van der Waals surface area contributed by atoms with Crippen molar-refractivity contribution in [1.82, 2.24) is 10.3 Å². The van der Waals surface area contributed by atoms with Gasteiger partial charge in [-0.05, 0) is 41.8 Å². The minimum absolute atomic E-state index is 0.177. The highest BCUT2D eigenvalue weighted by molar-refractivity contribution is 5.97. The van der Waals surface area contributed by atoms with Crippen LogP contribution in [-0.2, 0) is 4.79 Å². The summed E-state index contributed by atoms with van der Waals surface area (Å²) >= 11 is 0. The lowest BCUT2D eigenvalue weighted by Gasteiger charge is -2.15. The van der Waals surface area contributed by atoms with E-state index in [9.17, 15) is 14.7 Å². The van der Waals surface area contributed by atoms with E-state index >= 15 is 0 Å². The predicted molar refractivity (Wildman–Crippen MR) is 98.2 cm³/mol. The minimum atomic E-state index is -1.12. The molecule has 1 aromatic heterocycles. The Hall–Kier alpha value is -3.15. The van der Waals surface area contributed by atoms with E-state index < -0.39 is 17.9 Å². The number of ether oxygens (including phenoxy) is 1. The van der Waals surface area contributed by atoms with Crippen molar-refractivity contribution in [2.75, 3.05) is 0 Å². The molecule has 0 fully saturated rings. The molecule has 0 saturated carbocycles. The number of hydrogen-bond donors (Lipinski definition) is 2. The molecule has 2 aromatic rings. The van der Waals surface area contributed by atoms with Crippen LogP contribution < -0.4 is 10.1 Å². The Morgan fingerprint density at radius 1 is 1.15 bits per heavy atom. The van der Waals surface area contributed by atoms with Gasteiger partial charge in [0.1, 0.15) is 17.5 Å². The molecule has 2 N–H and O–H groups in total. The monoisotopic (exact) mass is 354 g/mol. The summed E-state index contributed by atoms with van der Waals surface area (Å²) in [5.74, 6) is -0.445. The molecule has 1 aromatic carbocycles. The molecule has 1 heterocycles. The summed E-state index contributed by atoms with van der Waals surface area (Å²) in [6, 6.07) is 8.88. The van der Waals surface area contributed by atoms with E-state index in [2.05, 4.69) is 10.3 Å². The number of carbonyl (C=O) groups is 2. The maximum Gasteiger partial charge on any atom is 0.330 e. The number of carbonyl (C=O) groups excluding carboxylic acids is 1. The summed E-state index contributed by atoms with van der Waals surface area (Å²) in [5, 5.41) is 11.8. The molecular formula is C20H22N2O4. The van der Waals surface area contributed by atoms with Gasteiger partial charge in [0.2, 0.25) is 0 Å². The number of carboxylic acid groups (broad SMARTS) is 1. The molecule has 6 heteroatoms. The molecule has 1 amide bonds. The SMILES string of the molecule is CC(C)(C)/C=C/C(NC(=O)c1ccc(Oc2cccnc2)cc1)C(=O)O. The first-order valence-corrected chi connectivity index (χ1v) is 8.15. The average Bonchev–Trinajstić information content (AvgIpc) is 2.59. The highest BCUT2D eigenvalue weighted by Gasteiger charge is 2.19. The van der Waals surface area contributed by atoms with E-state index in [1.165, 1.54) is 6.08 Å². The number of rotatable bonds is 6. The van der Waals surface area contributed by atoms with Crippen molar-refractivity contribution in [3.05, 3.63) is 66.5 Å². The fourth-order valence-corrected chi connectivity index (χ4v) is 2.02. The highest BCUT2D eigenvalue weighted by atomic mass is 16.5. The largest absolute Gasteiger partial charge is 0.479 e. The Morgan fingerprint density at radius 3 is 2.38 bits per heavy atom. The zero-order valence-corrected chi connectivity index (χ0v) is 15.0. The summed E-state index contributed by atoms with van der Waals surface area (Å²) in [6.45, 7) is 5.85. The van der Waals surface area contributed by atoms with Crippen LogP contribution in [0.15, 0.2) is 60.9 Å². The maximum absolute atomic E-state index is 12.3. The van der Waals surface area contributed by atoms with E-state index in [4.69, 9.17) is 4.74 Å². The molecule has 26 heavy (non-hydrogen) atoms. The second-order valence-corrected chi connectivity index (χ2v) is 6.83. The third-order valence-electron chi connectivity index (χ3n) is 3.33. The van der Waals surface area contributed by atoms with Crippen LogP contribution in [0.4, 0.5) is 0 Å². The van der Waals surface area contributed by atoms with Crippen LogP contribution in [-0.4, -0.2) is 28.0 Å². The summed E-state index contributed by atoms with van der Waals surface area (Å²) in [4.78, 5) is 27.6. The van der Waals surface area contributed by atoms with E-state index in [1.54, 1.807) is 54.9 Å². The van der Waals surface area contributed by atoms with Crippen LogP contribution in [0.25, 0.3) is 0 Å². The van der Waals surface area contributed by atoms with Crippen molar-refractivity contribution in [2.24, 2.45) is 5.41 Å². The second kappa shape index (κ2) is 8.29. The van der Waals surface area contributed by atoms with E-state index in [-0.39, 0.29) is 5.41 Å². The number of nitrogens with zero attached hydrogens (tertiary/aromatic N) is 1. The van der Waals surface area contributed by atoms with Gasteiger partial charge in [-0.25, -0.2) is 4.79 Å². The molecular weight excluding hydrogens is 332 g/mol. The molecule has 136 valence electrons. The Labute approximate surface area is 152 Å². The van der Waals surface area contributed by atoms with Crippen molar-refractivity contribution < 1.29 is 19.4 Å². The Morgan fingerprint density at radius 2 is 1.85 bits per heavy atom. The van der Waals surface area contributed by atoms with E-state index in [0.717, 1.165) is 0 Å². The molecule has 2 rings (SSSR count). The fraction of sp³-hybridized carbons (Fsp3) is 0.250. The number of pyridine rings is 1. The van der Waals surface area contributed by atoms with Crippen molar-refractivity contribution in [3.63, 3.8) is 0 Å². The molecule has 6 nitrogen and oxygen atoms in total. The van der Waals surface area contributed by atoms with Gasteiger partial charge < -0.3 is 15.2 Å². The lowest BCUT2D eigenvalue weighted by molar-refractivity contribution is -0.137. The number of hydrogen-bond acceptors (Lipinski definition) is 4. The molecule has 0 saturated heterocycles. The van der Waals surface area contributed by atoms with Gasteiger partial charge in [0.25, 0.3) is 5.91 Å². The minimum Gasteiger partial charge on any atom is -0.479 e. The standard InChI is InChI=1S/C20H22N2O4/c1-20(2,3)11-10-17(19(24)25)22-18(23)14-6-8-15(9-7-14)26-16-5-4-12-21-13-16/h4-13,17H,1-3H3,(H,22,23)(H,24,25)/b11-10+. The normalized spacial score (nSPS) is 12.6. The second-order valence-electron chi connectivity index (χ2n) is 6.83. The maximum atomic E-state index is 12.3. The predicted octanol–water partition coefficient (Wildman–Crippen LogP) is 3.66. The number of amides is 1. The van der Waals surface area contributed by atoms with Crippen molar-refractivity contribution in [3.8, 4) is 11.5 Å².